The van der Waals surface area contributed by atoms with E-state index in [1.165, 1.54) is 4.90 Å². The van der Waals surface area contributed by atoms with Crippen molar-refractivity contribution in [1.29, 1.82) is 0 Å². The lowest BCUT2D eigenvalue weighted by molar-refractivity contribution is -0.143. The molecule has 0 saturated heterocycles. The molecule has 0 aromatic heterocycles. The molecule has 5 heteroatoms. The average molecular weight is 305 g/mol. The number of amides is 1. The lowest BCUT2D eigenvalue weighted by Gasteiger charge is -2.28. The predicted molar refractivity (Wildman–Crippen MR) is 81.4 cm³/mol. The molecule has 4 nitrogen and oxygen atoms in total. The average Bonchev–Trinajstić information content (AvgIpc) is 2.91. The zero-order valence-corrected chi connectivity index (χ0v) is 12.6. The maximum Gasteiger partial charge on any atom is 0.306 e. The summed E-state index contributed by atoms with van der Waals surface area (Å²) in [6.45, 7) is 0. The number of thioether (sulfide) groups is 1. The minimum absolute atomic E-state index is 0.00473. The van der Waals surface area contributed by atoms with Gasteiger partial charge in [0, 0.05) is 16.7 Å². The highest BCUT2D eigenvalue weighted by Crippen LogP contribution is 2.39. The minimum atomic E-state index is -0.740. The standard InChI is InChI=1S/C16H19NO3S/c18-15(13-9-21-14-7-2-1-6-12(13)14)17-11-5-3-4-10(8-11)16(19)20/h1-2,6-7,10-11,13H,3-5,8-9H2,(H,17,18)(H,19,20). The van der Waals surface area contributed by atoms with Crippen LogP contribution in [0.25, 0.3) is 0 Å². The highest BCUT2D eigenvalue weighted by Gasteiger charge is 2.32. The van der Waals surface area contributed by atoms with Crippen LogP contribution in [0.2, 0.25) is 0 Å². The van der Waals surface area contributed by atoms with Crippen LogP contribution in [-0.4, -0.2) is 28.8 Å². The fourth-order valence-electron chi connectivity index (χ4n) is 3.23. The molecule has 1 saturated carbocycles. The summed E-state index contributed by atoms with van der Waals surface area (Å²) in [5.41, 5.74) is 1.10. The Balaban J connectivity index is 1.63. The third kappa shape index (κ3) is 3.07. The van der Waals surface area contributed by atoms with E-state index < -0.39 is 5.97 Å². The van der Waals surface area contributed by atoms with Gasteiger partial charge in [0.15, 0.2) is 0 Å². The molecule has 3 atom stereocenters. The molecule has 0 spiro atoms. The Kier molecular flexibility index (Phi) is 4.19. The molecule has 1 aliphatic carbocycles. The van der Waals surface area contributed by atoms with Crippen molar-refractivity contribution in [2.45, 2.75) is 42.5 Å². The normalized spacial score (nSPS) is 27.9. The van der Waals surface area contributed by atoms with Gasteiger partial charge in [-0.1, -0.05) is 24.6 Å². The van der Waals surface area contributed by atoms with Crippen molar-refractivity contribution in [2.24, 2.45) is 5.92 Å². The number of carbonyl (C=O) groups excluding carboxylic acids is 1. The number of carboxylic acid groups (broad SMARTS) is 1. The van der Waals surface area contributed by atoms with Crippen molar-refractivity contribution < 1.29 is 14.7 Å². The van der Waals surface area contributed by atoms with Gasteiger partial charge in [0.2, 0.25) is 5.91 Å². The molecule has 3 rings (SSSR count). The summed E-state index contributed by atoms with van der Waals surface area (Å²) in [4.78, 5) is 24.8. The number of benzene rings is 1. The second kappa shape index (κ2) is 6.10. The summed E-state index contributed by atoms with van der Waals surface area (Å²) in [5.74, 6) is -0.329. The molecule has 0 bridgehead atoms. The van der Waals surface area contributed by atoms with Crippen molar-refractivity contribution >= 4 is 23.6 Å². The van der Waals surface area contributed by atoms with E-state index in [2.05, 4.69) is 5.32 Å². The molecule has 1 heterocycles. The molecule has 1 aromatic rings. The van der Waals surface area contributed by atoms with Gasteiger partial charge >= 0.3 is 5.97 Å². The van der Waals surface area contributed by atoms with Crippen LogP contribution in [-0.2, 0) is 9.59 Å². The Labute approximate surface area is 128 Å². The van der Waals surface area contributed by atoms with E-state index in [1.807, 2.05) is 24.3 Å². The van der Waals surface area contributed by atoms with E-state index in [4.69, 9.17) is 5.11 Å². The summed E-state index contributed by atoms with van der Waals surface area (Å²) in [7, 11) is 0. The second-order valence-corrected chi connectivity index (χ2v) is 6.87. The van der Waals surface area contributed by atoms with Crippen molar-refractivity contribution in [3.8, 4) is 0 Å². The SMILES string of the molecule is O=C(O)C1CCCC(NC(=O)C2CSc3ccccc32)C1. The van der Waals surface area contributed by atoms with Gasteiger partial charge in [-0.3, -0.25) is 9.59 Å². The lowest BCUT2D eigenvalue weighted by atomic mass is 9.85. The first kappa shape index (κ1) is 14.4. The minimum Gasteiger partial charge on any atom is -0.481 e. The Morgan fingerprint density at radius 1 is 1.24 bits per heavy atom. The molecular formula is C16H19NO3S. The number of carbonyl (C=O) groups is 2. The van der Waals surface area contributed by atoms with Crippen LogP contribution >= 0.6 is 11.8 Å². The third-order valence-electron chi connectivity index (χ3n) is 4.39. The van der Waals surface area contributed by atoms with Gasteiger partial charge < -0.3 is 10.4 Å². The first-order chi connectivity index (χ1) is 10.1. The summed E-state index contributed by atoms with van der Waals surface area (Å²) in [5, 5.41) is 12.2. The quantitative estimate of drug-likeness (QED) is 0.901. The molecule has 1 amide bonds. The molecule has 1 aromatic carbocycles. The van der Waals surface area contributed by atoms with Crippen molar-refractivity contribution in [1.82, 2.24) is 5.32 Å². The largest absolute Gasteiger partial charge is 0.481 e. The van der Waals surface area contributed by atoms with Gasteiger partial charge in [0.1, 0.15) is 0 Å². The first-order valence-electron chi connectivity index (χ1n) is 7.40. The van der Waals surface area contributed by atoms with Gasteiger partial charge in [-0.05, 0) is 30.9 Å². The van der Waals surface area contributed by atoms with E-state index in [-0.39, 0.29) is 23.8 Å². The molecule has 2 N–H and O–H groups in total. The van der Waals surface area contributed by atoms with Crippen molar-refractivity contribution in [2.75, 3.05) is 5.75 Å². The van der Waals surface area contributed by atoms with E-state index in [1.54, 1.807) is 11.8 Å². The Morgan fingerprint density at radius 3 is 2.86 bits per heavy atom. The highest BCUT2D eigenvalue weighted by atomic mass is 32.2. The van der Waals surface area contributed by atoms with E-state index in [0.717, 1.165) is 30.6 Å². The van der Waals surface area contributed by atoms with Gasteiger partial charge in [-0.25, -0.2) is 0 Å². The number of aliphatic carboxylic acids is 1. The van der Waals surface area contributed by atoms with Crippen molar-refractivity contribution in [3.63, 3.8) is 0 Å². The maximum absolute atomic E-state index is 12.5. The Morgan fingerprint density at radius 2 is 2.05 bits per heavy atom. The first-order valence-corrected chi connectivity index (χ1v) is 8.38. The molecule has 0 radical (unpaired) electrons. The summed E-state index contributed by atoms with van der Waals surface area (Å²) < 4.78 is 0. The smallest absolute Gasteiger partial charge is 0.306 e. The Hall–Kier alpha value is -1.49. The van der Waals surface area contributed by atoms with Crippen LogP contribution in [0.5, 0.6) is 0 Å². The van der Waals surface area contributed by atoms with Crippen LogP contribution < -0.4 is 5.32 Å². The fourth-order valence-corrected chi connectivity index (χ4v) is 4.46. The van der Waals surface area contributed by atoms with Gasteiger partial charge in [-0.15, -0.1) is 11.8 Å². The topological polar surface area (TPSA) is 66.4 Å². The number of nitrogens with one attached hydrogen (secondary N) is 1. The maximum atomic E-state index is 12.5. The predicted octanol–water partition coefficient (Wildman–Crippen LogP) is 2.64. The van der Waals surface area contributed by atoms with Crippen molar-refractivity contribution in [3.05, 3.63) is 29.8 Å². The highest BCUT2D eigenvalue weighted by molar-refractivity contribution is 7.99. The van der Waals surface area contributed by atoms with Crippen LogP contribution in [0.1, 0.15) is 37.2 Å². The number of hydrogen-bond donors (Lipinski definition) is 2. The number of fused-ring (bicyclic) bond motifs is 1. The zero-order valence-electron chi connectivity index (χ0n) is 11.7. The van der Waals surface area contributed by atoms with Gasteiger partial charge in [0.25, 0.3) is 0 Å². The monoisotopic (exact) mass is 305 g/mol. The van der Waals surface area contributed by atoms with E-state index in [9.17, 15) is 9.59 Å². The van der Waals surface area contributed by atoms with Crippen LogP contribution in [0.15, 0.2) is 29.2 Å². The zero-order chi connectivity index (χ0) is 14.8. The molecule has 21 heavy (non-hydrogen) atoms. The molecule has 2 aliphatic rings. The lowest BCUT2D eigenvalue weighted by Crippen LogP contribution is -2.42. The molecular weight excluding hydrogens is 286 g/mol. The van der Waals surface area contributed by atoms with E-state index in [0.29, 0.717) is 6.42 Å². The summed E-state index contributed by atoms with van der Waals surface area (Å²) >= 11 is 1.72. The number of hydrogen-bond acceptors (Lipinski definition) is 3. The van der Waals surface area contributed by atoms with Crippen LogP contribution in [0, 0.1) is 5.92 Å². The fraction of sp³-hybridized carbons (Fsp3) is 0.500. The second-order valence-electron chi connectivity index (χ2n) is 5.81. The molecule has 3 unspecified atom stereocenters. The molecule has 1 fully saturated rings. The third-order valence-corrected chi connectivity index (χ3v) is 5.57. The van der Waals surface area contributed by atoms with Gasteiger partial charge in [0.05, 0.1) is 11.8 Å². The summed E-state index contributed by atoms with van der Waals surface area (Å²) in [6, 6.07) is 8.02. The summed E-state index contributed by atoms with van der Waals surface area (Å²) in [6.07, 6.45) is 3.04. The Bertz CT molecular complexity index is 560. The van der Waals surface area contributed by atoms with Crippen LogP contribution in [0.3, 0.4) is 0 Å². The van der Waals surface area contributed by atoms with Gasteiger partial charge in [-0.2, -0.15) is 0 Å². The number of carboxylic acids is 1. The van der Waals surface area contributed by atoms with Crippen LogP contribution in [0.4, 0.5) is 0 Å². The number of rotatable bonds is 3. The van der Waals surface area contributed by atoms with E-state index >= 15 is 0 Å². The molecule has 1 aliphatic heterocycles. The molecule has 112 valence electrons.